The smallest absolute Gasteiger partial charge is 0.191 e. The van der Waals surface area contributed by atoms with E-state index in [1.165, 1.54) is 11.1 Å². The third kappa shape index (κ3) is 7.46. The maximum absolute atomic E-state index is 6.16. The molecule has 1 aromatic heterocycles. The molecule has 1 fully saturated rings. The van der Waals surface area contributed by atoms with Gasteiger partial charge in [0.15, 0.2) is 5.96 Å². The molecule has 1 saturated heterocycles. The number of hydrogen-bond donors (Lipinski definition) is 2. The van der Waals surface area contributed by atoms with Gasteiger partial charge in [0.05, 0.1) is 25.1 Å². The van der Waals surface area contributed by atoms with Crippen molar-refractivity contribution in [3.8, 4) is 11.4 Å². The minimum absolute atomic E-state index is 0. The molecule has 1 atom stereocenters. The summed E-state index contributed by atoms with van der Waals surface area (Å²) in [4.78, 5) is 4.36. The van der Waals surface area contributed by atoms with Crippen molar-refractivity contribution in [1.29, 1.82) is 0 Å². The Kier molecular flexibility index (Phi) is 10.2. The summed E-state index contributed by atoms with van der Waals surface area (Å²) in [6.07, 6.45) is 5.91. The van der Waals surface area contributed by atoms with Gasteiger partial charge in [0, 0.05) is 44.4 Å². The largest absolute Gasteiger partial charge is 0.493 e. The number of aliphatic imine (C=N–C) groups is 1. The highest BCUT2D eigenvalue weighted by molar-refractivity contribution is 14.0. The van der Waals surface area contributed by atoms with E-state index in [9.17, 15) is 0 Å². The molecule has 0 spiro atoms. The van der Waals surface area contributed by atoms with Gasteiger partial charge in [0.1, 0.15) is 5.75 Å². The molecule has 0 radical (unpaired) electrons. The summed E-state index contributed by atoms with van der Waals surface area (Å²) in [6.45, 7) is 5.82. The number of nitrogens with zero attached hydrogens (tertiary/aromatic N) is 3. The Bertz CT molecular complexity index is 1050. The van der Waals surface area contributed by atoms with Crippen LogP contribution < -0.4 is 15.4 Å². The zero-order valence-corrected chi connectivity index (χ0v) is 22.2. The zero-order valence-electron chi connectivity index (χ0n) is 19.9. The van der Waals surface area contributed by atoms with Crippen LogP contribution in [0.25, 0.3) is 5.69 Å². The average molecular weight is 575 g/mol. The van der Waals surface area contributed by atoms with E-state index < -0.39 is 0 Å². The quantitative estimate of drug-likeness (QED) is 0.228. The van der Waals surface area contributed by atoms with Crippen molar-refractivity contribution >= 4 is 29.9 Å². The third-order valence-electron chi connectivity index (χ3n) is 5.75. The Balaban J connectivity index is 0.00000324. The molecule has 0 aliphatic carbocycles. The molecule has 182 valence electrons. The minimum Gasteiger partial charge on any atom is -0.493 e. The van der Waals surface area contributed by atoms with E-state index in [-0.39, 0.29) is 24.0 Å². The predicted octanol–water partition coefficient (Wildman–Crippen LogP) is 4.12. The molecule has 3 aromatic rings. The van der Waals surface area contributed by atoms with E-state index in [2.05, 4.69) is 52.0 Å². The van der Waals surface area contributed by atoms with Crippen LogP contribution >= 0.6 is 24.0 Å². The number of benzene rings is 2. The van der Waals surface area contributed by atoms with Crippen LogP contribution in [0.15, 0.2) is 65.9 Å². The number of guanidine groups is 1. The molecular formula is C26H34IN5O2. The number of hydrogen-bond acceptors (Lipinski definition) is 4. The van der Waals surface area contributed by atoms with Crippen LogP contribution in [0.3, 0.4) is 0 Å². The fraction of sp³-hybridized carbons (Fsp3) is 0.385. The number of nitrogens with one attached hydrogen (secondary N) is 2. The second kappa shape index (κ2) is 13.3. The third-order valence-corrected chi connectivity index (χ3v) is 5.75. The lowest BCUT2D eigenvalue weighted by Crippen LogP contribution is -2.37. The number of para-hydroxylation sites is 1. The molecule has 1 aliphatic heterocycles. The molecule has 4 rings (SSSR count). The van der Waals surface area contributed by atoms with E-state index in [0.29, 0.717) is 19.1 Å². The van der Waals surface area contributed by atoms with Crippen LogP contribution in [0.1, 0.15) is 23.1 Å². The van der Waals surface area contributed by atoms with Crippen LogP contribution in [0, 0.1) is 12.8 Å². The zero-order chi connectivity index (χ0) is 22.9. The average Bonchev–Trinajstić information content (AvgIpc) is 3.54. The highest BCUT2D eigenvalue weighted by atomic mass is 127. The highest BCUT2D eigenvalue weighted by Gasteiger charge is 2.17. The first-order chi connectivity index (χ1) is 16.2. The lowest BCUT2D eigenvalue weighted by Gasteiger charge is -2.17. The Morgan fingerprint density at radius 1 is 1.21 bits per heavy atom. The van der Waals surface area contributed by atoms with Crippen LogP contribution in [0.4, 0.5) is 0 Å². The second-order valence-corrected chi connectivity index (χ2v) is 8.38. The molecular weight excluding hydrogens is 541 g/mol. The second-order valence-electron chi connectivity index (χ2n) is 8.38. The Morgan fingerprint density at radius 2 is 2.06 bits per heavy atom. The van der Waals surface area contributed by atoms with E-state index in [4.69, 9.17) is 9.47 Å². The summed E-state index contributed by atoms with van der Waals surface area (Å²) in [5.74, 6) is 2.17. The number of halogens is 1. The van der Waals surface area contributed by atoms with Gasteiger partial charge in [-0.15, -0.1) is 24.0 Å². The Morgan fingerprint density at radius 3 is 2.82 bits per heavy atom. The van der Waals surface area contributed by atoms with Crippen LogP contribution in [0.2, 0.25) is 0 Å². The molecule has 1 aliphatic rings. The predicted molar refractivity (Wildman–Crippen MR) is 146 cm³/mol. The first-order valence-corrected chi connectivity index (χ1v) is 11.5. The molecule has 2 heterocycles. The van der Waals surface area contributed by atoms with Gasteiger partial charge in [-0.05, 0) is 49.1 Å². The monoisotopic (exact) mass is 575 g/mol. The Labute approximate surface area is 219 Å². The summed E-state index contributed by atoms with van der Waals surface area (Å²) >= 11 is 0. The topological polar surface area (TPSA) is 72.7 Å². The van der Waals surface area contributed by atoms with Gasteiger partial charge in [-0.25, -0.2) is 4.68 Å². The lowest BCUT2D eigenvalue weighted by atomic mass is 10.1. The van der Waals surface area contributed by atoms with Crippen LogP contribution in [0.5, 0.6) is 5.75 Å². The summed E-state index contributed by atoms with van der Waals surface area (Å²) in [7, 11) is 1.79. The standard InChI is InChI=1S/C26H33N5O2.HI/c1-20-8-9-23(25(14-20)33-19-22-11-13-32-18-22)16-29-26(27-2)28-12-10-21-15-30-31(17-21)24-6-4-3-5-7-24;/h3-9,14-15,17,22H,10-13,16,18-19H2,1-2H3,(H2,27,28,29);1H. The van der Waals surface area contributed by atoms with Gasteiger partial charge in [0.25, 0.3) is 0 Å². The van der Waals surface area contributed by atoms with Crippen molar-refractivity contribution in [2.45, 2.75) is 26.3 Å². The van der Waals surface area contributed by atoms with Crippen molar-refractivity contribution < 1.29 is 9.47 Å². The number of ether oxygens (including phenoxy) is 2. The van der Waals surface area contributed by atoms with Crippen molar-refractivity contribution in [2.75, 3.05) is 33.4 Å². The molecule has 7 nitrogen and oxygen atoms in total. The normalized spacial score (nSPS) is 15.6. The van der Waals surface area contributed by atoms with Gasteiger partial charge in [-0.3, -0.25) is 4.99 Å². The molecule has 8 heteroatoms. The van der Waals surface area contributed by atoms with Crippen molar-refractivity contribution in [2.24, 2.45) is 10.9 Å². The van der Waals surface area contributed by atoms with E-state index in [0.717, 1.165) is 55.6 Å². The molecule has 34 heavy (non-hydrogen) atoms. The lowest BCUT2D eigenvalue weighted by molar-refractivity contribution is 0.166. The molecule has 1 unspecified atom stereocenters. The fourth-order valence-electron chi connectivity index (χ4n) is 3.80. The molecule has 0 bridgehead atoms. The number of aromatic nitrogens is 2. The maximum atomic E-state index is 6.16. The van der Waals surface area contributed by atoms with E-state index in [1.54, 1.807) is 7.05 Å². The summed E-state index contributed by atoms with van der Waals surface area (Å²) in [6, 6.07) is 16.5. The summed E-state index contributed by atoms with van der Waals surface area (Å²) in [5.41, 5.74) is 4.54. The maximum Gasteiger partial charge on any atom is 0.191 e. The molecule has 2 aromatic carbocycles. The van der Waals surface area contributed by atoms with Gasteiger partial charge >= 0.3 is 0 Å². The summed E-state index contributed by atoms with van der Waals surface area (Å²) < 4.78 is 13.5. The van der Waals surface area contributed by atoms with Crippen molar-refractivity contribution in [1.82, 2.24) is 20.4 Å². The minimum atomic E-state index is 0. The van der Waals surface area contributed by atoms with Crippen molar-refractivity contribution in [3.05, 3.63) is 77.6 Å². The number of aryl methyl sites for hydroxylation is 1. The summed E-state index contributed by atoms with van der Waals surface area (Å²) in [5, 5.41) is 11.3. The number of rotatable bonds is 9. The van der Waals surface area contributed by atoms with Gasteiger partial charge < -0.3 is 20.1 Å². The molecule has 0 amide bonds. The fourth-order valence-corrected chi connectivity index (χ4v) is 3.80. The van der Waals surface area contributed by atoms with Gasteiger partial charge in [-0.2, -0.15) is 5.10 Å². The first kappa shape index (κ1) is 26.0. The highest BCUT2D eigenvalue weighted by Crippen LogP contribution is 2.22. The Hall–Kier alpha value is -2.59. The van der Waals surface area contributed by atoms with Gasteiger partial charge in [-0.1, -0.05) is 30.3 Å². The van der Waals surface area contributed by atoms with E-state index >= 15 is 0 Å². The van der Waals surface area contributed by atoms with E-state index in [1.807, 2.05) is 41.2 Å². The first-order valence-electron chi connectivity index (χ1n) is 11.5. The molecule has 2 N–H and O–H groups in total. The van der Waals surface area contributed by atoms with Crippen LogP contribution in [-0.4, -0.2) is 49.2 Å². The van der Waals surface area contributed by atoms with Gasteiger partial charge in [0.2, 0.25) is 0 Å². The molecule has 0 saturated carbocycles. The van der Waals surface area contributed by atoms with Crippen LogP contribution in [-0.2, 0) is 17.7 Å². The SMILES string of the molecule is CN=C(NCCc1cnn(-c2ccccc2)c1)NCc1ccc(C)cc1OCC1CCOC1.I. The van der Waals surface area contributed by atoms with Crippen molar-refractivity contribution in [3.63, 3.8) is 0 Å².